The van der Waals surface area contributed by atoms with Gasteiger partial charge in [0.05, 0.1) is 10.0 Å². The van der Waals surface area contributed by atoms with Crippen molar-refractivity contribution in [1.82, 2.24) is 5.32 Å². The van der Waals surface area contributed by atoms with Crippen molar-refractivity contribution in [3.8, 4) is 0 Å². The quantitative estimate of drug-likeness (QED) is 0.696. The normalized spacial score (nSPS) is 11.8. The Hall–Kier alpha value is -1.57. The van der Waals surface area contributed by atoms with Crippen LogP contribution in [-0.4, -0.2) is 36.9 Å². The van der Waals surface area contributed by atoms with Crippen molar-refractivity contribution in [2.75, 3.05) is 19.0 Å². The lowest BCUT2D eigenvalue weighted by atomic mass is 10.2. The van der Waals surface area contributed by atoms with Gasteiger partial charge in [0.1, 0.15) is 6.04 Å². The fourth-order valence-electron chi connectivity index (χ4n) is 1.45. The zero-order valence-electron chi connectivity index (χ0n) is 11.0. The van der Waals surface area contributed by atoms with Crippen LogP contribution in [0.4, 0.5) is 14.9 Å². The number of hydrogen-bond donors (Lipinski definition) is 3. The Morgan fingerprint density at radius 2 is 1.95 bits per heavy atom. The fourth-order valence-corrected chi connectivity index (χ4v) is 1.93. The summed E-state index contributed by atoms with van der Waals surface area (Å²) in [6, 6.07) is 0.425. The highest BCUT2D eigenvalue weighted by Gasteiger charge is 2.20. The topological polar surface area (TPSA) is 87.7 Å². The molecule has 1 aromatic carbocycles. The molecule has 0 spiro atoms. The molecule has 1 unspecified atom stereocenters. The van der Waals surface area contributed by atoms with Crippen LogP contribution in [0.2, 0.25) is 10.0 Å². The van der Waals surface area contributed by atoms with Crippen molar-refractivity contribution < 1.29 is 23.8 Å². The maximum Gasteiger partial charge on any atom is 0.326 e. The van der Waals surface area contributed by atoms with Gasteiger partial charge < -0.3 is 20.5 Å². The van der Waals surface area contributed by atoms with Crippen LogP contribution in [-0.2, 0) is 9.53 Å². The third kappa shape index (κ3) is 5.37. The monoisotopic (exact) mass is 338 g/mol. The van der Waals surface area contributed by atoms with Gasteiger partial charge in [-0.25, -0.2) is 14.0 Å². The van der Waals surface area contributed by atoms with E-state index in [0.717, 1.165) is 12.1 Å². The predicted octanol–water partition coefficient (Wildman–Crippen LogP) is 2.74. The minimum absolute atomic E-state index is 0.101. The van der Waals surface area contributed by atoms with Crippen molar-refractivity contribution in [2.24, 2.45) is 0 Å². The van der Waals surface area contributed by atoms with Crippen LogP contribution in [0.3, 0.4) is 0 Å². The highest BCUT2D eigenvalue weighted by molar-refractivity contribution is 6.35. The lowest BCUT2D eigenvalue weighted by Gasteiger charge is -2.15. The first-order valence-electron chi connectivity index (χ1n) is 5.79. The van der Waals surface area contributed by atoms with E-state index in [1.165, 1.54) is 7.11 Å². The van der Waals surface area contributed by atoms with Gasteiger partial charge in [-0.1, -0.05) is 23.2 Å². The lowest BCUT2D eigenvalue weighted by Crippen LogP contribution is -2.43. The van der Waals surface area contributed by atoms with Crippen LogP contribution in [0.5, 0.6) is 0 Å². The highest BCUT2D eigenvalue weighted by Crippen LogP contribution is 2.27. The van der Waals surface area contributed by atoms with Gasteiger partial charge in [0, 0.05) is 25.8 Å². The number of amides is 2. The van der Waals surface area contributed by atoms with Crippen molar-refractivity contribution in [2.45, 2.75) is 12.5 Å². The van der Waals surface area contributed by atoms with Gasteiger partial charge in [0.15, 0.2) is 5.82 Å². The van der Waals surface area contributed by atoms with E-state index in [0.29, 0.717) is 0 Å². The average Bonchev–Trinajstić information content (AvgIpc) is 2.40. The number of carboxylic acid groups (broad SMARTS) is 1. The van der Waals surface area contributed by atoms with Crippen LogP contribution < -0.4 is 10.6 Å². The second-order valence-electron chi connectivity index (χ2n) is 4.02. The number of hydrogen-bond acceptors (Lipinski definition) is 3. The standard InChI is InChI=1S/C12H13Cl2FN2O4/c1-21-3-2-9(11(18)19)17-12(20)16-6-4-7(13)10(15)8(14)5-6/h4-5,9H,2-3H2,1H3,(H,18,19)(H2,16,17,20). The Bertz CT molecular complexity index is 519. The van der Waals surface area contributed by atoms with Crippen molar-refractivity contribution in [1.29, 1.82) is 0 Å². The van der Waals surface area contributed by atoms with E-state index in [9.17, 15) is 14.0 Å². The van der Waals surface area contributed by atoms with E-state index >= 15 is 0 Å². The Labute approximate surface area is 130 Å². The summed E-state index contributed by atoms with van der Waals surface area (Å²) in [6.07, 6.45) is 0.101. The summed E-state index contributed by atoms with van der Waals surface area (Å²) in [5.74, 6) is -2.00. The molecule has 1 atom stereocenters. The summed E-state index contributed by atoms with van der Waals surface area (Å²) in [5.41, 5.74) is 0.139. The summed E-state index contributed by atoms with van der Waals surface area (Å²) in [7, 11) is 1.42. The number of carbonyl (C=O) groups excluding carboxylic acids is 1. The number of carboxylic acids is 1. The summed E-state index contributed by atoms with van der Waals surface area (Å²) in [4.78, 5) is 22.6. The first-order valence-corrected chi connectivity index (χ1v) is 6.54. The maximum atomic E-state index is 13.2. The molecule has 0 bridgehead atoms. The van der Waals surface area contributed by atoms with Gasteiger partial charge in [0.2, 0.25) is 0 Å². The van der Waals surface area contributed by atoms with Crippen LogP contribution >= 0.6 is 23.2 Å². The van der Waals surface area contributed by atoms with E-state index in [1.807, 2.05) is 0 Å². The molecule has 3 N–H and O–H groups in total. The first kappa shape index (κ1) is 17.5. The van der Waals surface area contributed by atoms with Crippen LogP contribution in [0.15, 0.2) is 12.1 Å². The SMILES string of the molecule is COCCC(NC(=O)Nc1cc(Cl)c(F)c(Cl)c1)C(=O)O. The Balaban J connectivity index is 2.70. The molecule has 1 rings (SSSR count). The molecular formula is C12H13Cl2FN2O4. The first-order chi connectivity index (χ1) is 9.85. The minimum Gasteiger partial charge on any atom is -0.480 e. The van der Waals surface area contributed by atoms with E-state index in [4.69, 9.17) is 33.0 Å². The molecule has 0 fully saturated rings. The molecule has 21 heavy (non-hydrogen) atoms. The van der Waals surface area contributed by atoms with Crippen molar-refractivity contribution in [3.63, 3.8) is 0 Å². The van der Waals surface area contributed by atoms with Gasteiger partial charge in [-0.2, -0.15) is 0 Å². The fraction of sp³-hybridized carbons (Fsp3) is 0.333. The number of urea groups is 1. The molecule has 9 heteroatoms. The summed E-state index contributed by atoms with van der Waals surface area (Å²) in [5, 5.41) is 13.0. The Morgan fingerprint density at radius 3 is 2.43 bits per heavy atom. The Kier molecular flexibility index (Phi) is 6.67. The molecule has 1 aromatic rings. The molecule has 6 nitrogen and oxygen atoms in total. The molecule has 2 amide bonds. The van der Waals surface area contributed by atoms with Crippen LogP contribution in [0.1, 0.15) is 6.42 Å². The molecule has 0 radical (unpaired) electrons. The summed E-state index contributed by atoms with van der Waals surface area (Å²) >= 11 is 11.2. The van der Waals surface area contributed by atoms with Gasteiger partial charge in [-0.15, -0.1) is 0 Å². The summed E-state index contributed by atoms with van der Waals surface area (Å²) < 4.78 is 18.0. The smallest absolute Gasteiger partial charge is 0.326 e. The average molecular weight is 339 g/mol. The largest absolute Gasteiger partial charge is 0.480 e. The molecule has 116 valence electrons. The molecule has 0 aliphatic carbocycles. The number of benzene rings is 1. The molecule has 0 aliphatic heterocycles. The molecule has 0 saturated carbocycles. The third-order valence-electron chi connectivity index (χ3n) is 2.46. The van der Waals surface area contributed by atoms with Gasteiger partial charge in [0.25, 0.3) is 0 Å². The highest BCUT2D eigenvalue weighted by atomic mass is 35.5. The molecular weight excluding hydrogens is 326 g/mol. The van der Waals surface area contributed by atoms with Crippen LogP contribution in [0, 0.1) is 5.82 Å². The Morgan fingerprint density at radius 1 is 1.38 bits per heavy atom. The molecule has 0 aromatic heterocycles. The zero-order valence-corrected chi connectivity index (χ0v) is 12.5. The zero-order chi connectivity index (χ0) is 16.0. The van der Waals surface area contributed by atoms with Crippen molar-refractivity contribution in [3.05, 3.63) is 28.0 Å². The number of rotatable bonds is 6. The van der Waals surface area contributed by atoms with E-state index < -0.39 is 23.9 Å². The lowest BCUT2D eigenvalue weighted by molar-refractivity contribution is -0.139. The van der Waals surface area contributed by atoms with E-state index in [2.05, 4.69) is 10.6 Å². The van der Waals surface area contributed by atoms with Gasteiger partial charge in [-0.05, 0) is 12.1 Å². The number of anilines is 1. The number of methoxy groups -OCH3 is 1. The predicted molar refractivity (Wildman–Crippen MR) is 76.5 cm³/mol. The molecule has 0 aliphatic rings. The van der Waals surface area contributed by atoms with Gasteiger partial charge in [-0.3, -0.25) is 0 Å². The molecule has 0 heterocycles. The van der Waals surface area contributed by atoms with E-state index in [-0.39, 0.29) is 28.8 Å². The number of aliphatic carboxylic acids is 1. The third-order valence-corrected chi connectivity index (χ3v) is 3.01. The number of carbonyl (C=O) groups is 2. The number of ether oxygens (including phenoxy) is 1. The maximum absolute atomic E-state index is 13.2. The number of nitrogens with one attached hydrogen (secondary N) is 2. The summed E-state index contributed by atoms with van der Waals surface area (Å²) in [6.45, 7) is 0.172. The van der Waals surface area contributed by atoms with E-state index in [1.54, 1.807) is 0 Å². The second-order valence-corrected chi connectivity index (χ2v) is 4.84. The van der Waals surface area contributed by atoms with Crippen molar-refractivity contribution >= 4 is 40.9 Å². The minimum atomic E-state index is -1.20. The van der Waals surface area contributed by atoms with Crippen LogP contribution in [0.25, 0.3) is 0 Å². The second kappa shape index (κ2) is 8.02. The molecule has 0 saturated heterocycles. The number of halogens is 3. The van der Waals surface area contributed by atoms with Gasteiger partial charge >= 0.3 is 12.0 Å².